The average molecular weight is 396 g/mol. The first-order valence-electron chi connectivity index (χ1n) is 9.58. The number of anilines is 2. The first kappa shape index (κ1) is 20.1. The van der Waals surface area contributed by atoms with Crippen molar-refractivity contribution in [3.05, 3.63) is 46.7 Å². The van der Waals surface area contributed by atoms with Crippen LogP contribution >= 0.6 is 11.3 Å². The molecule has 2 N–H and O–H groups in total. The maximum atomic E-state index is 12.5. The molecule has 2 aromatic rings. The van der Waals surface area contributed by atoms with E-state index in [2.05, 4.69) is 21.5 Å². The fraction of sp³-hybridized carbons (Fsp3) is 0.364. The Kier molecular flexibility index (Phi) is 7.24. The van der Waals surface area contributed by atoms with Crippen LogP contribution in [0.2, 0.25) is 0 Å². The monoisotopic (exact) mass is 395 g/mol. The molecule has 1 heterocycles. The van der Waals surface area contributed by atoms with Gasteiger partial charge in [-0.3, -0.25) is 14.5 Å². The predicted molar refractivity (Wildman–Crippen MR) is 115 cm³/mol. The van der Waals surface area contributed by atoms with Gasteiger partial charge in [0.15, 0.2) is 0 Å². The largest absolute Gasteiger partial charge is 0.325 e. The second-order valence-electron chi connectivity index (χ2n) is 6.96. The molecule has 0 saturated heterocycles. The van der Waals surface area contributed by atoms with Crippen molar-refractivity contribution < 1.29 is 9.59 Å². The minimum absolute atomic E-state index is 0.0730. The highest BCUT2D eigenvalue weighted by molar-refractivity contribution is 7.12. The maximum Gasteiger partial charge on any atom is 0.265 e. The van der Waals surface area contributed by atoms with E-state index in [4.69, 9.17) is 6.42 Å². The van der Waals surface area contributed by atoms with Crippen LogP contribution in [-0.2, 0) is 4.79 Å². The molecule has 0 aliphatic heterocycles. The fourth-order valence-corrected chi connectivity index (χ4v) is 4.12. The number of carbonyl (C=O) groups excluding carboxylic acids is 2. The van der Waals surface area contributed by atoms with Crippen LogP contribution in [0.1, 0.15) is 41.8 Å². The van der Waals surface area contributed by atoms with E-state index < -0.39 is 0 Å². The molecular weight excluding hydrogens is 370 g/mol. The van der Waals surface area contributed by atoms with Gasteiger partial charge in [-0.05, 0) is 48.6 Å². The Labute approximate surface area is 170 Å². The number of rotatable bonds is 7. The Balaban J connectivity index is 1.53. The van der Waals surface area contributed by atoms with Gasteiger partial charge in [0.2, 0.25) is 5.91 Å². The van der Waals surface area contributed by atoms with Gasteiger partial charge >= 0.3 is 0 Å². The molecular formula is C22H25N3O2S. The lowest BCUT2D eigenvalue weighted by Crippen LogP contribution is -2.42. The Hall–Kier alpha value is -2.62. The highest BCUT2D eigenvalue weighted by Gasteiger charge is 2.22. The quantitative estimate of drug-likeness (QED) is 0.691. The summed E-state index contributed by atoms with van der Waals surface area (Å²) in [6.07, 6.45) is 11.4. The zero-order valence-corrected chi connectivity index (χ0v) is 16.6. The van der Waals surface area contributed by atoms with Crippen LogP contribution < -0.4 is 10.6 Å². The topological polar surface area (TPSA) is 61.4 Å². The molecule has 1 saturated carbocycles. The van der Waals surface area contributed by atoms with Crippen molar-refractivity contribution in [3.8, 4) is 12.3 Å². The number of nitrogens with one attached hydrogen (secondary N) is 2. The molecule has 3 rings (SSSR count). The highest BCUT2D eigenvalue weighted by atomic mass is 32.1. The molecule has 1 aromatic heterocycles. The zero-order valence-electron chi connectivity index (χ0n) is 15.8. The van der Waals surface area contributed by atoms with E-state index in [0.717, 1.165) is 12.8 Å². The van der Waals surface area contributed by atoms with E-state index in [1.807, 2.05) is 11.4 Å². The number of nitrogens with zero attached hydrogens (tertiary/aromatic N) is 1. The molecule has 0 atom stereocenters. The Morgan fingerprint density at radius 1 is 1.07 bits per heavy atom. The van der Waals surface area contributed by atoms with Gasteiger partial charge in [0.25, 0.3) is 5.91 Å². The van der Waals surface area contributed by atoms with E-state index in [9.17, 15) is 9.59 Å². The average Bonchev–Trinajstić information content (AvgIpc) is 3.25. The maximum absolute atomic E-state index is 12.5. The SMILES string of the molecule is C#CCN(CC(=O)Nc1ccc(NC(=O)c2cccs2)cc1)C1CCCCC1. The molecule has 5 nitrogen and oxygen atoms in total. The van der Waals surface area contributed by atoms with Crippen LogP contribution in [-0.4, -0.2) is 35.8 Å². The van der Waals surface area contributed by atoms with Crippen molar-refractivity contribution in [2.24, 2.45) is 0 Å². The summed E-state index contributed by atoms with van der Waals surface area (Å²) in [6, 6.07) is 11.1. The molecule has 6 heteroatoms. The van der Waals surface area contributed by atoms with Crippen LogP contribution in [0.5, 0.6) is 0 Å². The molecule has 1 aliphatic carbocycles. The molecule has 0 spiro atoms. The second kappa shape index (κ2) is 10.1. The third kappa shape index (κ3) is 5.69. The molecule has 0 unspecified atom stereocenters. The van der Waals surface area contributed by atoms with Gasteiger partial charge in [0.05, 0.1) is 18.0 Å². The molecule has 146 valence electrons. The smallest absolute Gasteiger partial charge is 0.265 e. The van der Waals surface area contributed by atoms with Gasteiger partial charge in [-0.15, -0.1) is 17.8 Å². The minimum Gasteiger partial charge on any atom is -0.325 e. The normalized spacial score (nSPS) is 14.4. The van der Waals surface area contributed by atoms with Crippen molar-refractivity contribution in [1.82, 2.24) is 4.90 Å². The standard InChI is InChI=1S/C22H25N3O2S/c1-2-14-25(19-7-4-3-5-8-19)16-21(26)23-17-10-12-18(13-11-17)24-22(27)20-9-6-15-28-20/h1,6,9-13,15,19H,3-5,7-8,14,16H2,(H,23,26)(H,24,27). The van der Waals surface area contributed by atoms with Gasteiger partial charge in [-0.2, -0.15) is 0 Å². The summed E-state index contributed by atoms with van der Waals surface area (Å²) in [5, 5.41) is 7.63. The van der Waals surface area contributed by atoms with Crippen LogP contribution in [0.25, 0.3) is 0 Å². The lowest BCUT2D eigenvalue weighted by Gasteiger charge is -2.32. The summed E-state index contributed by atoms with van der Waals surface area (Å²) >= 11 is 1.40. The molecule has 0 radical (unpaired) electrons. The van der Waals surface area contributed by atoms with E-state index in [1.165, 1.54) is 30.6 Å². The summed E-state index contributed by atoms with van der Waals surface area (Å²) in [7, 11) is 0. The highest BCUT2D eigenvalue weighted by Crippen LogP contribution is 2.22. The predicted octanol–water partition coefficient (Wildman–Crippen LogP) is 4.21. The number of terminal acetylenes is 1. The summed E-state index contributed by atoms with van der Waals surface area (Å²) in [6.45, 7) is 0.789. The van der Waals surface area contributed by atoms with Crippen LogP contribution in [0.15, 0.2) is 41.8 Å². The van der Waals surface area contributed by atoms with E-state index in [0.29, 0.717) is 35.4 Å². The summed E-state index contributed by atoms with van der Waals surface area (Å²) in [4.78, 5) is 27.3. The molecule has 1 aromatic carbocycles. The Morgan fingerprint density at radius 2 is 1.75 bits per heavy atom. The zero-order chi connectivity index (χ0) is 19.8. The first-order chi connectivity index (χ1) is 13.7. The number of thiophene rings is 1. The van der Waals surface area contributed by atoms with Crippen LogP contribution in [0, 0.1) is 12.3 Å². The van der Waals surface area contributed by atoms with Crippen molar-refractivity contribution >= 4 is 34.5 Å². The van der Waals surface area contributed by atoms with Gasteiger partial charge in [-0.25, -0.2) is 0 Å². The molecule has 2 amide bonds. The molecule has 1 fully saturated rings. The van der Waals surface area contributed by atoms with Crippen molar-refractivity contribution in [2.45, 2.75) is 38.1 Å². The van der Waals surface area contributed by atoms with Crippen LogP contribution in [0.3, 0.4) is 0 Å². The lowest BCUT2D eigenvalue weighted by atomic mass is 9.94. The lowest BCUT2D eigenvalue weighted by molar-refractivity contribution is -0.117. The van der Waals surface area contributed by atoms with Crippen molar-refractivity contribution in [1.29, 1.82) is 0 Å². The molecule has 0 bridgehead atoms. The van der Waals surface area contributed by atoms with Gasteiger partial charge in [-0.1, -0.05) is 31.2 Å². The van der Waals surface area contributed by atoms with E-state index >= 15 is 0 Å². The number of benzene rings is 1. The Bertz CT molecular complexity index is 818. The molecule has 1 aliphatic rings. The van der Waals surface area contributed by atoms with Crippen LogP contribution in [0.4, 0.5) is 11.4 Å². The number of hydrogen-bond donors (Lipinski definition) is 2. The first-order valence-corrected chi connectivity index (χ1v) is 10.5. The third-order valence-corrected chi connectivity index (χ3v) is 5.77. The van der Waals surface area contributed by atoms with Crippen molar-refractivity contribution in [3.63, 3.8) is 0 Å². The third-order valence-electron chi connectivity index (χ3n) is 4.90. The number of hydrogen-bond acceptors (Lipinski definition) is 4. The Morgan fingerprint density at radius 3 is 2.36 bits per heavy atom. The van der Waals surface area contributed by atoms with Gasteiger partial charge in [0, 0.05) is 17.4 Å². The van der Waals surface area contributed by atoms with Crippen molar-refractivity contribution in [2.75, 3.05) is 23.7 Å². The number of carbonyl (C=O) groups is 2. The summed E-state index contributed by atoms with van der Waals surface area (Å²) < 4.78 is 0. The second-order valence-corrected chi connectivity index (χ2v) is 7.91. The van der Waals surface area contributed by atoms with E-state index in [-0.39, 0.29) is 11.8 Å². The minimum atomic E-state index is -0.135. The fourth-order valence-electron chi connectivity index (χ4n) is 3.50. The summed E-state index contributed by atoms with van der Waals surface area (Å²) in [5.74, 6) is 2.47. The van der Waals surface area contributed by atoms with Gasteiger partial charge < -0.3 is 10.6 Å². The summed E-state index contributed by atoms with van der Waals surface area (Å²) in [5.41, 5.74) is 1.39. The van der Waals surface area contributed by atoms with E-state index in [1.54, 1.807) is 30.3 Å². The van der Waals surface area contributed by atoms with Gasteiger partial charge in [0.1, 0.15) is 0 Å². The number of amides is 2. The molecule has 28 heavy (non-hydrogen) atoms.